The van der Waals surface area contributed by atoms with Gasteiger partial charge in [0.2, 0.25) is 5.91 Å². The molecule has 0 radical (unpaired) electrons. The lowest BCUT2D eigenvalue weighted by atomic mass is 9.88. The summed E-state index contributed by atoms with van der Waals surface area (Å²) in [6.07, 6.45) is 1.24. The van der Waals surface area contributed by atoms with E-state index in [4.69, 9.17) is 4.74 Å². The molecule has 0 aromatic carbocycles. The molecule has 0 aliphatic carbocycles. The second-order valence-electron chi connectivity index (χ2n) is 4.89. The number of hydrogen-bond donors (Lipinski definition) is 0. The highest BCUT2D eigenvalue weighted by Crippen LogP contribution is 2.33. The quantitative estimate of drug-likeness (QED) is 0.731. The first-order valence-corrected chi connectivity index (χ1v) is 7.65. The van der Waals surface area contributed by atoms with Crippen LogP contribution < -0.4 is 0 Å². The van der Waals surface area contributed by atoms with E-state index < -0.39 is 0 Å². The summed E-state index contributed by atoms with van der Waals surface area (Å²) in [4.78, 5) is 14.4. The Balaban J connectivity index is 2.66. The third-order valence-corrected chi connectivity index (χ3v) is 4.34. The predicted octanol–water partition coefficient (Wildman–Crippen LogP) is 2.68. The number of ether oxygens (including phenoxy) is 1. The number of amides is 1. The molecule has 1 fully saturated rings. The van der Waals surface area contributed by atoms with Gasteiger partial charge in [0.05, 0.1) is 18.1 Å². The lowest BCUT2D eigenvalue weighted by Gasteiger charge is -2.27. The fourth-order valence-electron chi connectivity index (χ4n) is 2.58. The molecule has 4 heteroatoms. The SMILES string of the molecule is CCN(CCCBr)C(=O)C1C(C)OC(C)C1C. The molecule has 3 nitrogen and oxygen atoms in total. The Labute approximate surface area is 113 Å². The maximum Gasteiger partial charge on any atom is 0.228 e. The molecule has 0 bridgehead atoms. The summed E-state index contributed by atoms with van der Waals surface area (Å²) in [5.41, 5.74) is 0. The zero-order chi connectivity index (χ0) is 13.0. The highest BCUT2D eigenvalue weighted by atomic mass is 79.9. The van der Waals surface area contributed by atoms with Crippen molar-refractivity contribution in [1.29, 1.82) is 0 Å². The fraction of sp³-hybridized carbons (Fsp3) is 0.923. The van der Waals surface area contributed by atoms with Crippen LogP contribution in [0.5, 0.6) is 0 Å². The van der Waals surface area contributed by atoms with E-state index in [1.54, 1.807) is 0 Å². The number of carbonyl (C=O) groups excluding carboxylic acids is 1. The van der Waals surface area contributed by atoms with Crippen LogP contribution in [0.3, 0.4) is 0 Å². The van der Waals surface area contributed by atoms with E-state index in [9.17, 15) is 4.79 Å². The molecular formula is C13H24BrNO2. The Morgan fingerprint density at radius 2 is 1.94 bits per heavy atom. The van der Waals surface area contributed by atoms with Crippen molar-refractivity contribution < 1.29 is 9.53 Å². The third-order valence-electron chi connectivity index (χ3n) is 3.78. The number of rotatable bonds is 5. The van der Waals surface area contributed by atoms with Gasteiger partial charge in [0.1, 0.15) is 0 Å². The number of alkyl halides is 1. The van der Waals surface area contributed by atoms with Crippen LogP contribution in [0.2, 0.25) is 0 Å². The molecule has 1 aliphatic heterocycles. The van der Waals surface area contributed by atoms with Gasteiger partial charge in [-0.3, -0.25) is 4.79 Å². The van der Waals surface area contributed by atoms with E-state index in [-0.39, 0.29) is 24.0 Å². The van der Waals surface area contributed by atoms with Gasteiger partial charge in [0, 0.05) is 18.4 Å². The molecule has 1 rings (SSSR count). The molecule has 17 heavy (non-hydrogen) atoms. The molecule has 0 aromatic heterocycles. The maximum absolute atomic E-state index is 12.5. The third kappa shape index (κ3) is 3.44. The lowest BCUT2D eigenvalue weighted by molar-refractivity contribution is -0.137. The summed E-state index contributed by atoms with van der Waals surface area (Å²) in [6, 6.07) is 0. The van der Waals surface area contributed by atoms with E-state index in [2.05, 4.69) is 29.8 Å². The normalized spacial score (nSPS) is 32.8. The van der Waals surface area contributed by atoms with Crippen molar-refractivity contribution >= 4 is 21.8 Å². The first kappa shape index (κ1) is 15.0. The maximum atomic E-state index is 12.5. The number of halogens is 1. The van der Waals surface area contributed by atoms with Crippen molar-refractivity contribution in [3.63, 3.8) is 0 Å². The van der Waals surface area contributed by atoms with Gasteiger partial charge < -0.3 is 9.64 Å². The van der Waals surface area contributed by atoms with E-state index >= 15 is 0 Å². The molecule has 1 amide bonds. The molecule has 0 N–H and O–H groups in total. The molecule has 4 atom stereocenters. The van der Waals surface area contributed by atoms with Gasteiger partial charge >= 0.3 is 0 Å². The standard InChI is InChI=1S/C13H24BrNO2/c1-5-15(8-6-7-14)13(16)12-9(2)10(3)17-11(12)4/h9-12H,5-8H2,1-4H3. The Hall–Kier alpha value is -0.0900. The summed E-state index contributed by atoms with van der Waals surface area (Å²) in [7, 11) is 0. The Bertz CT molecular complexity index is 260. The van der Waals surface area contributed by atoms with Crippen molar-refractivity contribution in [2.75, 3.05) is 18.4 Å². The summed E-state index contributed by atoms with van der Waals surface area (Å²) in [5.74, 6) is 0.605. The fourth-order valence-corrected chi connectivity index (χ4v) is 2.83. The monoisotopic (exact) mass is 305 g/mol. The summed E-state index contributed by atoms with van der Waals surface area (Å²) in [6.45, 7) is 9.86. The topological polar surface area (TPSA) is 29.5 Å². The van der Waals surface area contributed by atoms with Crippen molar-refractivity contribution in [2.45, 2.75) is 46.3 Å². The molecule has 0 aromatic rings. The number of hydrogen-bond acceptors (Lipinski definition) is 2. The first-order valence-electron chi connectivity index (χ1n) is 6.53. The lowest BCUT2D eigenvalue weighted by Crippen LogP contribution is -2.41. The van der Waals surface area contributed by atoms with Crippen LogP contribution in [-0.4, -0.2) is 41.4 Å². The first-order chi connectivity index (χ1) is 8.02. The van der Waals surface area contributed by atoms with Crippen molar-refractivity contribution in [3.8, 4) is 0 Å². The Kier molecular flexibility index (Phi) is 5.93. The van der Waals surface area contributed by atoms with Gasteiger partial charge in [-0.1, -0.05) is 22.9 Å². The zero-order valence-corrected chi connectivity index (χ0v) is 12.9. The minimum atomic E-state index is 0.0280. The minimum absolute atomic E-state index is 0.0280. The molecule has 1 aliphatic rings. The molecule has 4 unspecified atom stereocenters. The second kappa shape index (κ2) is 6.74. The smallest absolute Gasteiger partial charge is 0.228 e. The number of nitrogens with zero attached hydrogens (tertiary/aromatic N) is 1. The van der Waals surface area contributed by atoms with Crippen molar-refractivity contribution in [3.05, 3.63) is 0 Å². The number of carbonyl (C=O) groups is 1. The highest BCUT2D eigenvalue weighted by molar-refractivity contribution is 9.09. The van der Waals surface area contributed by atoms with Crippen LogP contribution in [0.4, 0.5) is 0 Å². The van der Waals surface area contributed by atoms with Crippen LogP contribution in [0.15, 0.2) is 0 Å². The van der Waals surface area contributed by atoms with Gasteiger partial charge in [-0.15, -0.1) is 0 Å². The summed E-state index contributed by atoms with van der Waals surface area (Å²) in [5, 5.41) is 0.944. The summed E-state index contributed by atoms with van der Waals surface area (Å²) < 4.78 is 5.75. The van der Waals surface area contributed by atoms with Crippen LogP contribution in [0, 0.1) is 11.8 Å². The van der Waals surface area contributed by atoms with E-state index in [1.807, 2.05) is 18.7 Å². The van der Waals surface area contributed by atoms with Crippen LogP contribution in [0.25, 0.3) is 0 Å². The zero-order valence-electron chi connectivity index (χ0n) is 11.3. The molecular weight excluding hydrogens is 282 g/mol. The highest BCUT2D eigenvalue weighted by Gasteiger charge is 2.42. The molecule has 0 spiro atoms. The van der Waals surface area contributed by atoms with Crippen molar-refractivity contribution in [2.24, 2.45) is 11.8 Å². The van der Waals surface area contributed by atoms with Gasteiger partial charge in [-0.2, -0.15) is 0 Å². The Morgan fingerprint density at radius 3 is 2.35 bits per heavy atom. The minimum Gasteiger partial charge on any atom is -0.374 e. The largest absolute Gasteiger partial charge is 0.374 e. The van der Waals surface area contributed by atoms with Gasteiger partial charge in [0.15, 0.2) is 0 Å². The van der Waals surface area contributed by atoms with Crippen LogP contribution in [0.1, 0.15) is 34.1 Å². The molecule has 0 saturated carbocycles. The molecule has 1 saturated heterocycles. The van der Waals surface area contributed by atoms with E-state index in [0.717, 1.165) is 24.8 Å². The molecule has 100 valence electrons. The van der Waals surface area contributed by atoms with Crippen LogP contribution in [-0.2, 0) is 9.53 Å². The molecule has 1 heterocycles. The summed E-state index contributed by atoms with van der Waals surface area (Å²) >= 11 is 3.41. The second-order valence-corrected chi connectivity index (χ2v) is 5.68. The Morgan fingerprint density at radius 1 is 1.29 bits per heavy atom. The van der Waals surface area contributed by atoms with Gasteiger partial charge in [-0.05, 0) is 33.1 Å². The average Bonchev–Trinajstić information content (AvgIpc) is 2.54. The van der Waals surface area contributed by atoms with E-state index in [1.165, 1.54) is 0 Å². The van der Waals surface area contributed by atoms with Crippen molar-refractivity contribution in [1.82, 2.24) is 4.90 Å². The van der Waals surface area contributed by atoms with Gasteiger partial charge in [0.25, 0.3) is 0 Å². The van der Waals surface area contributed by atoms with Crippen LogP contribution >= 0.6 is 15.9 Å². The predicted molar refractivity (Wildman–Crippen MR) is 73.3 cm³/mol. The van der Waals surface area contributed by atoms with E-state index in [0.29, 0.717) is 5.92 Å². The average molecular weight is 306 g/mol. The van der Waals surface area contributed by atoms with Gasteiger partial charge in [-0.25, -0.2) is 0 Å².